The minimum Gasteiger partial charge on any atom is -0.352 e. The number of hydrogen-bond donors (Lipinski definition) is 4. The molecule has 0 aromatic rings. The zero-order valence-corrected chi connectivity index (χ0v) is 19.8. The lowest BCUT2D eigenvalue weighted by molar-refractivity contribution is -0.138. The van der Waals surface area contributed by atoms with Crippen LogP contribution in [-0.4, -0.2) is 73.3 Å². The van der Waals surface area contributed by atoms with Gasteiger partial charge >= 0.3 is 6.03 Å². The predicted octanol–water partition coefficient (Wildman–Crippen LogP) is -1.07. The summed E-state index contributed by atoms with van der Waals surface area (Å²) in [6.07, 6.45) is 3.43. The van der Waals surface area contributed by atoms with Crippen molar-refractivity contribution < 1.29 is 28.8 Å². The Bertz CT molecular complexity index is 729. The summed E-state index contributed by atoms with van der Waals surface area (Å²) >= 11 is 0. The Hall–Kier alpha value is -2.92. The number of likely N-dealkylation sites (tertiary alicyclic amines) is 1. The summed E-state index contributed by atoms with van der Waals surface area (Å²) in [5.74, 6) is -1.19. The number of nitrogens with one attached hydrogen (secondary N) is 3. The van der Waals surface area contributed by atoms with Gasteiger partial charge in [-0.25, -0.2) is 4.79 Å². The van der Waals surface area contributed by atoms with E-state index in [4.69, 9.17) is 5.73 Å². The highest BCUT2D eigenvalue weighted by Gasteiger charge is 2.28. The smallest absolute Gasteiger partial charge is 0.312 e. The molecule has 5 N–H and O–H groups in total. The number of hydrogen-bond acceptors (Lipinski definition) is 6. The van der Waals surface area contributed by atoms with E-state index in [1.807, 2.05) is 0 Å². The minimum atomic E-state index is -0.789. The van der Waals surface area contributed by atoms with Gasteiger partial charge in [0.05, 0.1) is 6.04 Å². The van der Waals surface area contributed by atoms with E-state index in [1.54, 1.807) is 13.8 Å². The summed E-state index contributed by atoms with van der Waals surface area (Å²) in [5, 5.41) is 7.86. The van der Waals surface area contributed by atoms with Gasteiger partial charge in [0.2, 0.25) is 23.6 Å². The van der Waals surface area contributed by atoms with E-state index in [9.17, 15) is 28.8 Å². The Morgan fingerprint density at radius 1 is 1.00 bits per heavy atom. The molecule has 0 aromatic heterocycles. The predicted molar refractivity (Wildman–Crippen MR) is 123 cm³/mol. The molecule has 0 aromatic carbocycles. The van der Waals surface area contributed by atoms with Gasteiger partial charge in [-0.2, -0.15) is 0 Å². The van der Waals surface area contributed by atoms with Crippen LogP contribution >= 0.6 is 0 Å². The number of nitrogens with zero attached hydrogens (tertiary/aromatic N) is 1. The molecule has 11 nitrogen and oxygen atoms in total. The monoisotopic (exact) mass is 465 g/mol. The zero-order valence-electron chi connectivity index (χ0n) is 19.8. The highest BCUT2D eigenvalue weighted by Crippen LogP contribution is 2.13. The Morgan fingerprint density at radius 3 is 2.18 bits per heavy atom. The molecule has 184 valence electrons. The van der Waals surface area contributed by atoms with Crippen LogP contribution in [0.15, 0.2) is 0 Å². The second-order valence-electron chi connectivity index (χ2n) is 8.64. The number of primary amides is 1. The first-order valence-corrected chi connectivity index (χ1v) is 11.5. The molecular weight excluding hydrogens is 429 g/mol. The Kier molecular flexibility index (Phi) is 12.2. The average molecular weight is 465 g/mol. The third-order valence-corrected chi connectivity index (χ3v) is 5.48. The van der Waals surface area contributed by atoms with Gasteiger partial charge in [0.25, 0.3) is 0 Å². The molecule has 1 rings (SSSR count). The van der Waals surface area contributed by atoms with E-state index in [-0.39, 0.29) is 48.6 Å². The van der Waals surface area contributed by atoms with Crippen molar-refractivity contribution in [1.82, 2.24) is 20.9 Å². The summed E-state index contributed by atoms with van der Waals surface area (Å²) in [6, 6.07) is -2.16. The van der Waals surface area contributed by atoms with Crippen LogP contribution in [0.1, 0.15) is 65.2 Å². The fourth-order valence-corrected chi connectivity index (χ4v) is 3.54. The maximum absolute atomic E-state index is 12.7. The number of carbonyl (C=O) groups is 6. The van der Waals surface area contributed by atoms with E-state index in [0.717, 1.165) is 0 Å². The highest BCUT2D eigenvalue weighted by atomic mass is 16.2. The van der Waals surface area contributed by atoms with E-state index >= 15 is 0 Å². The maximum Gasteiger partial charge on any atom is 0.312 e. The highest BCUT2D eigenvalue weighted by molar-refractivity contribution is 6.59. The summed E-state index contributed by atoms with van der Waals surface area (Å²) in [7, 11) is 1.37. The van der Waals surface area contributed by atoms with Gasteiger partial charge in [0, 0.05) is 32.4 Å². The maximum atomic E-state index is 12.7. The molecule has 33 heavy (non-hydrogen) atoms. The van der Waals surface area contributed by atoms with Crippen molar-refractivity contribution in [3.63, 3.8) is 0 Å². The summed E-state index contributed by atoms with van der Waals surface area (Å²) in [4.78, 5) is 72.1. The molecule has 1 aliphatic heterocycles. The van der Waals surface area contributed by atoms with Crippen molar-refractivity contribution in [1.29, 1.82) is 0 Å². The van der Waals surface area contributed by atoms with Gasteiger partial charge < -0.3 is 26.5 Å². The van der Waals surface area contributed by atoms with Gasteiger partial charge in [-0.1, -0.05) is 20.3 Å². The molecule has 6 amide bonds. The molecule has 1 saturated heterocycles. The lowest BCUT2D eigenvalue weighted by Gasteiger charge is -2.25. The van der Waals surface area contributed by atoms with Crippen molar-refractivity contribution in [2.24, 2.45) is 11.7 Å². The minimum absolute atomic E-state index is 0.142. The number of imide groups is 1. The first-order valence-electron chi connectivity index (χ1n) is 11.5. The van der Waals surface area contributed by atoms with Gasteiger partial charge in [-0.3, -0.25) is 24.1 Å². The molecule has 1 unspecified atom stereocenters. The first-order chi connectivity index (χ1) is 15.5. The number of unbranched alkanes of at least 4 members (excludes halogenated alkanes) is 2. The third-order valence-electron chi connectivity index (χ3n) is 5.48. The quantitative estimate of drug-likeness (QED) is 0.136. The Balaban J connectivity index is 2.42. The second kappa shape index (κ2) is 14.3. The number of urea groups is 1. The van der Waals surface area contributed by atoms with E-state index in [1.165, 1.54) is 12.7 Å². The van der Waals surface area contributed by atoms with Crippen molar-refractivity contribution in [3.8, 4) is 0 Å². The second-order valence-corrected chi connectivity index (χ2v) is 8.64. The van der Waals surface area contributed by atoms with Gasteiger partial charge in [-0.05, 0) is 31.6 Å². The summed E-state index contributed by atoms with van der Waals surface area (Å²) < 4.78 is 0. The molecule has 1 fully saturated rings. The standard InChI is InChI=1S/C21H36BN5O6/c1-13(2)18(20(32)25-14(19(22)31)7-6-11-24-21(23)33)26-15(28)8-4-3-5-12-27-16(29)9-10-17(27)30/h13-14,18H,3-12,22H2,1-2H3,(H,25,32)(H,26,28)(H3,23,24,33)/t14-,18?/m0/s1. The van der Waals surface area contributed by atoms with Crippen LogP contribution in [0.25, 0.3) is 0 Å². The molecule has 0 bridgehead atoms. The molecule has 0 saturated carbocycles. The lowest BCUT2D eigenvalue weighted by atomic mass is 9.91. The van der Waals surface area contributed by atoms with E-state index < -0.39 is 24.0 Å². The third kappa shape index (κ3) is 10.5. The van der Waals surface area contributed by atoms with Crippen LogP contribution in [0.3, 0.4) is 0 Å². The fraction of sp³-hybridized carbons (Fsp3) is 0.714. The van der Waals surface area contributed by atoms with Crippen LogP contribution < -0.4 is 21.7 Å². The fourth-order valence-electron chi connectivity index (χ4n) is 3.54. The molecule has 12 heteroatoms. The first kappa shape index (κ1) is 28.1. The van der Waals surface area contributed by atoms with Crippen LogP contribution in [0.4, 0.5) is 4.79 Å². The number of rotatable bonds is 15. The molecular formula is C21H36BN5O6. The van der Waals surface area contributed by atoms with Gasteiger partial charge in [0.15, 0.2) is 7.85 Å². The van der Waals surface area contributed by atoms with Gasteiger partial charge in [0.1, 0.15) is 11.7 Å². The van der Waals surface area contributed by atoms with Crippen molar-refractivity contribution in [3.05, 3.63) is 0 Å². The normalized spacial score (nSPS) is 15.3. The number of amides is 6. The van der Waals surface area contributed by atoms with Crippen LogP contribution in [0, 0.1) is 5.92 Å². The average Bonchev–Trinajstić information content (AvgIpc) is 3.05. The van der Waals surface area contributed by atoms with Crippen molar-refractivity contribution >= 4 is 43.2 Å². The SMILES string of the molecule is BC(=O)[C@H](CCCNC(N)=O)NC(=O)C(NC(=O)CCCCCN1C(=O)CCC1=O)C(C)C. The summed E-state index contributed by atoms with van der Waals surface area (Å²) in [5.41, 5.74) is 4.79. The van der Waals surface area contributed by atoms with Crippen LogP contribution in [-0.2, 0) is 24.0 Å². The van der Waals surface area contributed by atoms with E-state index in [0.29, 0.717) is 45.2 Å². The van der Waals surface area contributed by atoms with Crippen LogP contribution in [0.5, 0.6) is 0 Å². The van der Waals surface area contributed by atoms with Gasteiger partial charge in [-0.15, -0.1) is 0 Å². The Labute approximate surface area is 195 Å². The largest absolute Gasteiger partial charge is 0.352 e. The van der Waals surface area contributed by atoms with Crippen LogP contribution in [0.2, 0.25) is 0 Å². The van der Waals surface area contributed by atoms with Crippen molar-refractivity contribution in [2.45, 2.75) is 77.3 Å². The van der Waals surface area contributed by atoms with E-state index in [2.05, 4.69) is 16.0 Å². The molecule has 0 aliphatic carbocycles. The number of carbonyl (C=O) groups excluding carboxylic acids is 6. The molecule has 2 atom stereocenters. The molecule has 0 radical (unpaired) electrons. The lowest BCUT2D eigenvalue weighted by Crippen LogP contribution is -2.53. The zero-order chi connectivity index (χ0) is 25.0. The Morgan fingerprint density at radius 2 is 1.64 bits per heavy atom. The van der Waals surface area contributed by atoms with Crippen molar-refractivity contribution in [2.75, 3.05) is 13.1 Å². The molecule has 1 heterocycles. The number of nitrogens with two attached hydrogens (primary N) is 1. The summed E-state index contributed by atoms with van der Waals surface area (Å²) in [6.45, 7) is 4.26. The molecule has 1 aliphatic rings. The topological polar surface area (TPSA) is 168 Å². The molecule has 0 spiro atoms.